The molecule has 0 bridgehead atoms. The second kappa shape index (κ2) is 2.83. The van der Waals surface area contributed by atoms with E-state index in [2.05, 4.69) is 15.0 Å². The summed E-state index contributed by atoms with van der Waals surface area (Å²) in [5.41, 5.74) is -1.24. The van der Waals surface area contributed by atoms with E-state index in [9.17, 15) is 9.59 Å². The van der Waals surface area contributed by atoms with Gasteiger partial charge in [-0.05, 0) is 12.8 Å². The molecule has 0 aliphatic heterocycles. The van der Waals surface area contributed by atoms with Gasteiger partial charge in [-0.25, -0.2) is 0 Å². The number of aromatic nitrogens is 1. The molecule has 6 nitrogen and oxygen atoms in total. The minimum absolute atomic E-state index is 0.238. The van der Waals surface area contributed by atoms with Crippen LogP contribution in [0.4, 0.5) is 5.82 Å². The second-order valence-corrected chi connectivity index (χ2v) is 3.23. The van der Waals surface area contributed by atoms with Crippen molar-refractivity contribution >= 4 is 17.7 Å². The first-order chi connectivity index (χ1) is 6.65. The van der Waals surface area contributed by atoms with Crippen molar-refractivity contribution in [1.29, 1.82) is 0 Å². The van der Waals surface area contributed by atoms with Crippen LogP contribution >= 0.6 is 0 Å². The van der Waals surface area contributed by atoms with Crippen molar-refractivity contribution in [2.75, 3.05) is 5.32 Å². The number of nitrogens with zero attached hydrogens (tertiary/aromatic N) is 1. The Morgan fingerprint density at radius 2 is 2.29 bits per heavy atom. The summed E-state index contributed by atoms with van der Waals surface area (Å²) in [5.74, 6) is -1.38. The maximum absolute atomic E-state index is 11.5. The molecule has 0 radical (unpaired) electrons. The van der Waals surface area contributed by atoms with Gasteiger partial charge in [0.1, 0.15) is 11.7 Å². The van der Waals surface area contributed by atoms with Gasteiger partial charge in [-0.1, -0.05) is 5.16 Å². The maximum Gasteiger partial charge on any atom is 0.319 e. The Kier molecular flexibility index (Phi) is 1.77. The van der Waals surface area contributed by atoms with Crippen LogP contribution in [0.3, 0.4) is 0 Å². The monoisotopic (exact) mass is 196 g/mol. The number of aliphatic carboxylic acids is 1. The van der Waals surface area contributed by atoms with E-state index < -0.39 is 17.3 Å². The highest BCUT2D eigenvalue weighted by molar-refractivity contribution is 6.10. The normalized spacial score (nSPS) is 17.4. The fourth-order valence-corrected chi connectivity index (χ4v) is 1.18. The van der Waals surface area contributed by atoms with Gasteiger partial charge < -0.3 is 14.9 Å². The van der Waals surface area contributed by atoms with E-state index in [1.807, 2.05) is 0 Å². The highest BCUT2D eigenvalue weighted by Gasteiger charge is 2.57. The van der Waals surface area contributed by atoms with Gasteiger partial charge in [0.05, 0.1) is 0 Å². The smallest absolute Gasteiger partial charge is 0.319 e. The molecule has 1 heterocycles. The van der Waals surface area contributed by atoms with E-state index in [1.165, 1.54) is 12.3 Å². The Bertz CT molecular complexity index is 367. The number of carbonyl (C=O) groups excluding carboxylic acids is 1. The Labute approximate surface area is 78.9 Å². The lowest BCUT2D eigenvalue weighted by atomic mass is 10.1. The van der Waals surface area contributed by atoms with E-state index in [1.54, 1.807) is 0 Å². The number of carboxylic acid groups (broad SMARTS) is 1. The SMILES string of the molecule is O=C(O)C1(C(=O)Nc2ccon2)CC1. The first-order valence-corrected chi connectivity index (χ1v) is 4.10. The van der Waals surface area contributed by atoms with Crippen molar-refractivity contribution in [3.05, 3.63) is 12.3 Å². The topological polar surface area (TPSA) is 92.4 Å². The summed E-state index contributed by atoms with van der Waals surface area (Å²) in [5, 5.41) is 14.6. The molecule has 0 saturated heterocycles. The molecule has 1 amide bonds. The largest absolute Gasteiger partial charge is 0.480 e. The summed E-state index contributed by atoms with van der Waals surface area (Å²) in [4.78, 5) is 22.2. The Morgan fingerprint density at radius 1 is 1.57 bits per heavy atom. The molecule has 14 heavy (non-hydrogen) atoms. The summed E-state index contributed by atoms with van der Waals surface area (Å²) >= 11 is 0. The molecule has 2 N–H and O–H groups in total. The molecule has 1 aromatic rings. The molecule has 0 atom stereocenters. The Hall–Kier alpha value is -1.85. The molecule has 1 saturated carbocycles. The lowest BCUT2D eigenvalue weighted by molar-refractivity contribution is -0.147. The van der Waals surface area contributed by atoms with E-state index in [-0.39, 0.29) is 5.82 Å². The fourth-order valence-electron chi connectivity index (χ4n) is 1.18. The van der Waals surface area contributed by atoms with E-state index in [0.717, 1.165) is 0 Å². The molecule has 0 aromatic carbocycles. The van der Waals surface area contributed by atoms with Crippen LogP contribution < -0.4 is 5.32 Å². The third-order valence-electron chi connectivity index (χ3n) is 2.27. The fraction of sp³-hybridized carbons (Fsp3) is 0.375. The van der Waals surface area contributed by atoms with Gasteiger partial charge in [0, 0.05) is 6.07 Å². The zero-order valence-electron chi connectivity index (χ0n) is 7.19. The summed E-state index contributed by atoms with van der Waals surface area (Å²) in [6, 6.07) is 1.45. The van der Waals surface area contributed by atoms with Crippen LogP contribution in [0.25, 0.3) is 0 Å². The van der Waals surface area contributed by atoms with Gasteiger partial charge in [-0.2, -0.15) is 0 Å². The first-order valence-electron chi connectivity index (χ1n) is 4.10. The average Bonchev–Trinajstić information content (AvgIpc) is 2.81. The number of carbonyl (C=O) groups is 2. The number of rotatable bonds is 3. The van der Waals surface area contributed by atoms with Crippen molar-refractivity contribution in [2.24, 2.45) is 5.41 Å². The predicted molar refractivity (Wildman–Crippen MR) is 44.4 cm³/mol. The number of hydrogen-bond donors (Lipinski definition) is 2. The maximum atomic E-state index is 11.5. The predicted octanol–water partition coefficient (Wildman–Crippen LogP) is 0.478. The minimum Gasteiger partial charge on any atom is -0.480 e. The molecule has 1 fully saturated rings. The van der Waals surface area contributed by atoms with Gasteiger partial charge in [-0.15, -0.1) is 0 Å². The Morgan fingerprint density at radius 3 is 2.71 bits per heavy atom. The van der Waals surface area contributed by atoms with Crippen LogP contribution in [-0.4, -0.2) is 22.1 Å². The summed E-state index contributed by atoms with van der Waals surface area (Å²) < 4.78 is 4.50. The Balaban J connectivity index is 2.07. The molecular formula is C8H8N2O4. The van der Waals surface area contributed by atoms with Crippen LogP contribution in [0, 0.1) is 5.41 Å². The third-order valence-corrected chi connectivity index (χ3v) is 2.27. The zero-order chi connectivity index (χ0) is 10.2. The standard InChI is InChI=1S/C8H8N2O4/c11-6(8(2-3-8)7(12)13)9-5-1-4-14-10-5/h1,4H,2-3H2,(H,12,13)(H,9,10,11). The van der Waals surface area contributed by atoms with Crippen LogP contribution in [-0.2, 0) is 9.59 Å². The van der Waals surface area contributed by atoms with Crippen LogP contribution in [0.2, 0.25) is 0 Å². The molecule has 1 aliphatic carbocycles. The van der Waals surface area contributed by atoms with Gasteiger partial charge in [-0.3, -0.25) is 9.59 Å². The molecule has 1 aromatic heterocycles. The lowest BCUT2D eigenvalue weighted by Crippen LogP contribution is -2.31. The van der Waals surface area contributed by atoms with Crippen molar-refractivity contribution in [1.82, 2.24) is 5.16 Å². The third kappa shape index (κ3) is 1.24. The van der Waals surface area contributed by atoms with Crippen LogP contribution in [0.5, 0.6) is 0 Å². The van der Waals surface area contributed by atoms with Gasteiger partial charge in [0.25, 0.3) is 0 Å². The van der Waals surface area contributed by atoms with Gasteiger partial charge in [0.2, 0.25) is 5.91 Å². The molecule has 1 aliphatic rings. The van der Waals surface area contributed by atoms with Crippen molar-refractivity contribution in [2.45, 2.75) is 12.8 Å². The van der Waals surface area contributed by atoms with Crippen LogP contribution in [0.15, 0.2) is 16.9 Å². The molecule has 6 heteroatoms. The van der Waals surface area contributed by atoms with E-state index in [0.29, 0.717) is 12.8 Å². The van der Waals surface area contributed by atoms with Crippen LogP contribution in [0.1, 0.15) is 12.8 Å². The van der Waals surface area contributed by atoms with Crippen molar-refractivity contribution in [3.8, 4) is 0 Å². The molecule has 74 valence electrons. The quantitative estimate of drug-likeness (QED) is 0.686. The number of carboxylic acids is 1. The van der Waals surface area contributed by atoms with E-state index in [4.69, 9.17) is 5.11 Å². The number of hydrogen-bond acceptors (Lipinski definition) is 4. The highest BCUT2D eigenvalue weighted by Crippen LogP contribution is 2.46. The average molecular weight is 196 g/mol. The molecule has 0 unspecified atom stereocenters. The number of amides is 1. The highest BCUT2D eigenvalue weighted by atomic mass is 16.5. The lowest BCUT2D eigenvalue weighted by Gasteiger charge is -2.07. The molecule has 2 rings (SSSR count). The minimum atomic E-state index is -1.24. The van der Waals surface area contributed by atoms with Crippen molar-refractivity contribution in [3.63, 3.8) is 0 Å². The summed E-state index contributed by atoms with van der Waals surface area (Å²) in [6.07, 6.45) is 2.06. The molecule has 0 spiro atoms. The van der Waals surface area contributed by atoms with E-state index >= 15 is 0 Å². The summed E-state index contributed by atoms with van der Waals surface area (Å²) in [6.45, 7) is 0. The zero-order valence-corrected chi connectivity index (χ0v) is 7.19. The van der Waals surface area contributed by atoms with Crippen molar-refractivity contribution < 1.29 is 19.2 Å². The first kappa shape index (κ1) is 8.74. The van der Waals surface area contributed by atoms with Gasteiger partial charge >= 0.3 is 5.97 Å². The van der Waals surface area contributed by atoms with Gasteiger partial charge in [0.15, 0.2) is 5.82 Å². The molecular weight excluding hydrogens is 188 g/mol. The number of anilines is 1. The summed E-state index contributed by atoms with van der Waals surface area (Å²) in [7, 11) is 0. The second-order valence-electron chi connectivity index (χ2n) is 3.23. The number of nitrogens with one attached hydrogen (secondary N) is 1.